The van der Waals surface area contributed by atoms with Crippen molar-refractivity contribution < 1.29 is 42.9 Å². The summed E-state index contributed by atoms with van der Waals surface area (Å²) in [5, 5.41) is 9.71. The fourth-order valence-electron chi connectivity index (χ4n) is 9.25. The smallest absolute Gasteiger partial charge is 0.361 e. The second kappa shape index (κ2) is 54.3. The Morgan fingerprint density at radius 1 is 0.408 bits per heavy atom. The Morgan fingerprint density at radius 2 is 0.718 bits per heavy atom. The van der Waals surface area contributed by atoms with E-state index in [1.807, 2.05) is 21.1 Å². The van der Waals surface area contributed by atoms with Crippen molar-refractivity contribution in [3.8, 4) is 0 Å². The lowest BCUT2D eigenvalue weighted by molar-refractivity contribution is -0.870. The van der Waals surface area contributed by atoms with Crippen LogP contribution in [0.4, 0.5) is 0 Å². The van der Waals surface area contributed by atoms with E-state index in [1.165, 1.54) is 244 Å². The lowest BCUT2D eigenvalue weighted by atomic mass is 10.0. The number of aliphatic carboxylic acids is 1. The predicted octanol–water partition coefficient (Wildman–Crippen LogP) is 18.1. The van der Waals surface area contributed by atoms with Gasteiger partial charge in [-0.2, -0.15) is 0 Å². The van der Waals surface area contributed by atoms with Crippen LogP contribution >= 0.6 is 0 Å². The highest BCUT2D eigenvalue weighted by atomic mass is 16.7. The molecule has 0 fully saturated rings. The van der Waals surface area contributed by atoms with E-state index in [-0.39, 0.29) is 38.2 Å². The van der Waals surface area contributed by atoms with E-state index in [9.17, 15) is 19.5 Å². The van der Waals surface area contributed by atoms with Crippen LogP contribution in [-0.2, 0) is 33.3 Å². The molecule has 0 aromatic rings. The number of carboxylic acids is 1. The van der Waals surface area contributed by atoms with E-state index >= 15 is 0 Å². The molecule has 9 heteroatoms. The monoisotopic (exact) mass is 1010 g/mol. The van der Waals surface area contributed by atoms with Crippen LogP contribution in [0.15, 0.2) is 12.2 Å². The molecule has 2 unspecified atom stereocenters. The Morgan fingerprint density at radius 3 is 1.04 bits per heavy atom. The molecule has 0 aliphatic carbocycles. The lowest BCUT2D eigenvalue weighted by Gasteiger charge is -2.25. The van der Waals surface area contributed by atoms with Crippen LogP contribution in [0.5, 0.6) is 0 Å². The highest BCUT2D eigenvalue weighted by Gasteiger charge is 2.25. The normalized spacial score (nSPS) is 12.7. The van der Waals surface area contributed by atoms with Gasteiger partial charge in [-0.05, 0) is 38.5 Å². The summed E-state index contributed by atoms with van der Waals surface area (Å²) < 4.78 is 22.9. The van der Waals surface area contributed by atoms with Crippen molar-refractivity contribution in [1.29, 1.82) is 0 Å². The van der Waals surface area contributed by atoms with Gasteiger partial charge < -0.3 is 28.5 Å². The summed E-state index contributed by atoms with van der Waals surface area (Å²) in [6, 6.07) is 0. The number of nitrogens with zero attached hydrogens (tertiary/aromatic N) is 1. The molecular weight excluding hydrogens is 887 g/mol. The number of unbranched alkanes of at least 4 members (excludes halogenated alkanes) is 41. The molecule has 1 N–H and O–H groups in total. The largest absolute Gasteiger partial charge is 0.477 e. The van der Waals surface area contributed by atoms with Gasteiger partial charge in [-0.3, -0.25) is 9.59 Å². The van der Waals surface area contributed by atoms with E-state index in [1.54, 1.807) is 0 Å². The van der Waals surface area contributed by atoms with Gasteiger partial charge in [-0.1, -0.05) is 270 Å². The molecule has 0 bridgehead atoms. The molecule has 0 saturated heterocycles. The first kappa shape index (κ1) is 69.0. The van der Waals surface area contributed by atoms with Crippen molar-refractivity contribution in [3.63, 3.8) is 0 Å². The van der Waals surface area contributed by atoms with Crippen molar-refractivity contribution in [3.05, 3.63) is 12.2 Å². The van der Waals surface area contributed by atoms with Gasteiger partial charge in [0.05, 0.1) is 34.4 Å². The summed E-state index contributed by atoms with van der Waals surface area (Å²) in [5.74, 6) is -1.98. The minimum Gasteiger partial charge on any atom is -0.477 e. The van der Waals surface area contributed by atoms with Crippen LogP contribution in [0.1, 0.15) is 309 Å². The molecule has 0 aliphatic rings. The number of likely N-dealkylation sites (N-methyl/N-ethyl adjacent to an activating group) is 1. The quantitative estimate of drug-likeness (QED) is 0.0211. The molecule has 0 saturated carbocycles. The zero-order valence-electron chi connectivity index (χ0n) is 47.9. The van der Waals surface area contributed by atoms with Crippen molar-refractivity contribution in [2.75, 3.05) is 47.5 Å². The molecule has 0 amide bonds. The topological polar surface area (TPSA) is 108 Å². The van der Waals surface area contributed by atoms with Crippen molar-refractivity contribution in [2.45, 2.75) is 322 Å². The van der Waals surface area contributed by atoms with Gasteiger partial charge in [0.2, 0.25) is 0 Å². The Hall–Kier alpha value is -1.97. The fourth-order valence-corrected chi connectivity index (χ4v) is 9.25. The Bertz CT molecular complexity index is 1170. The molecule has 0 spiro atoms. The van der Waals surface area contributed by atoms with Crippen LogP contribution in [0, 0.1) is 0 Å². The molecule has 9 nitrogen and oxygen atoms in total. The van der Waals surface area contributed by atoms with E-state index in [2.05, 4.69) is 26.0 Å². The second-order valence-electron chi connectivity index (χ2n) is 22.4. The molecule has 0 aliphatic heterocycles. The number of allylic oxidation sites excluding steroid dienone is 2. The zero-order valence-corrected chi connectivity index (χ0v) is 47.9. The zero-order chi connectivity index (χ0) is 52.0. The maximum atomic E-state index is 12.9. The first-order chi connectivity index (χ1) is 34.6. The van der Waals surface area contributed by atoms with Gasteiger partial charge in [0.15, 0.2) is 6.10 Å². The summed E-state index contributed by atoms with van der Waals surface area (Å²) in [6.45, 7) is 4.94. The van der Waals surface area contributed by atoms with Crippen LogP contribution < -0.4 is 0 Å². The molecule has 420 valence electrons. The minimum atomic E-state index is -1.50. The molecule has 2 atom stereocenters. The molecule has 0 aromatic carbocycles. The summed E-state index contributed by atoms with van der Waals surface area (Å²) in [6.07, 6.45) is 60.1. The third kappa shape index (κ3) is 55.6. The Labute approximate surface area is 440 Å². The number of quaternary nitrogens is 1. The molecule has 71 heavy (non-hydrogen) atoms. The van der Waals surface area contributed by atoms with Crippen LogP contribution in [-0.4, -0.2) is 87.4 Å². The third-order valence-electron chi connectivity index (χ3n) is 14.0. The number of rotatable bonds is 58. The molecule has 0 radical (unpaired) electrons. The number of carboxylic acid groups (broad SMARTS) is 1. The van der Waals surface area contributed by atoms with E-state index < -0.39 is 18.4 Å². The van der Waals surface area contributed by atoms with Gasteiger partial charge in [-0.25, -0.2) is 4.79 Å². The average Bonchev–Trinajstić information content (AvgIpc) is 3.34. The predicted molar refractivity (Wildman–Crippen MR) is 300 cm³/mol. The minimum absolute atomic E-state index is 0.174. The number of ether oxygens (including phenoxy) is 4. The number of carbonyl (C=O) groups excluding carboxylic acids is 2. The molecule has 0 heterocycles. The van der Waals surface area contributed by atoms with Crippen LogP contribution in [0.2, 0.25) is 0 Å². The first-order valence-electron chi connectivity index (χ1n) is 30.9. The number of hydrogen-bond acceptors (Lipinski definition) is 7. The van der Waals surface area contributed by atoms with Crippen LogP contribution in [0.25, 0.3) is 0 Å². The summed E-state index contributed by atoms with van der Waals surface area (Å²) in [4.78, 5) is 37.5. The number of hydrogen-bond donors (Lipinski definition) is 1. The maximum absolute atomic E-state index is 12.9. The standard InChI is InChI=1S/C62H119NO8/c1-6-8-10-12-14-16-18-20-22-24-26-27-28-29-30-31-32-33-35-37-39-41-43-45-47-49-51-53-60(65)71-58(57-70-62(61(66)67)68-55-54-63(3,4)5)56-69-59(64)52-50-48-46-44-42-40-38-36-34-25-23-21-19-17-15-13-11-9-7-2/h24,26,58,62H,6-23,25,27-57H2,1-5H3/p+1/b26-24-. The Kier molecular flexibility index (Phi) is 52.8. The lowest BCUT2D eigenvalue weighted by Crippen LogP contribution is -2.40. The molecule has 0 aromatic heterocycles. The Balaban J connectivity index is 4.14. The number of carbonyl (C=O) groups is 3. The second-order valence-corrected chi connectivity index (χ2v) is 22.4. The SMILES string of the molecule is CCCCCCCCCC/C=C\CCCCCCCCCCCCCCCCCC(=O)OC(COC(=O)CCCCCCCCCCCCCCCCCCCCC)COC(OCC[N+](C)(C)C)C(=O)O. The van der Waals surface area contributed by atoms with Crippen molar-refractivity contribution >= 4 is 17.9 Å². The van der Waals surface area contributed by atoms with Gasteiger partial charge in [0.25, 0.3) is 6.29 Å². The molecule has 0 rings (SSSR count). The van der Waals surface area contributed by atoms with E-state index in [0.717, 1.165) is 38.5 Å². The first-order valence-corrected chi connectivity index (χ1v) is 30.9. The highest BCUT2D eigenvalue weighted by Crippen LogP contribution is 2.18. The average molecular weight is 1010 g/mol. The van der Waals surface area contributed by atoms with Crippen molar-refractivity contribution in [2.24, 2.45) is 0 Å². The van der Waals surface area contributed by atoms with Crippen molar-refractivity contribution in [1.82, 2.24) is 0 Å². The summed E-state index contributed by atoms with van der Waals surface area (Å²) in [5.41, 5.74) is 0. The fraction of sp³-hybridized carbons (Fsp3) is 0.919. The highest BCUT2D eigenvalue weighted by molar-refractivity contribution is 5.71. The van der Waals surface area contributed by atoms with E-state index in [0.29, 0.717) is 17.4 Å². The van der Waals surface area contributed by atoms with Gasteiger partial charge in [0.1, 0.15) is 13.2 Å². The maximum Gasteiger partial charge on any atom is 0.361 e. The van der Waals surface area contributed by atoms with Crippen LogP contribution in [0.3, 0.4) is 0 Å². The molecular formula is C62H120NO8+. The van der Waals surface area contributed by atoms with Gasteiger partial charge >= 0.3 is 17.9 Å². The van der Waals surface area contributed by atoms with Gasteiger partial charge in [0, 0.05) is 12.8 Å². The van der Waals surface area contributed by atoms with E-state index in [4.69, 9.17) is 18.9 Å². The third-order valence-corrected chi connectivity index (χ3v) is 14.0. The summed E-state index contributed by atoms with van der Waals surface area (Å²) in [7, 11) is 5.98. The van der Waals surface area contributed by atoms with Gasteiger partial charge in [-0.15, -0.1) is 0 Å². The number of esters is 2. The summed E-state index contributed by atoms with van der Waals surface area (Å²) >= 11 is 0.